The van der Waals surface area contributed by atoms with Gasteiger partial charge in [-0.25, -0.2) is 0 Å². The lowest BCUT2D eigenvalue weighted by atomic mass is 9.86. The first-order chi connectivity index (χ1) is 7.31. The molecular formula is C13H17NO. The van der Waals surface area contributed by atoms with Crippen LogP contribution in [0.5, 0.6) is 0 Å². The van der Waals surface area contributed by atoms with Crippen LogP contribution in [0.4, 0.5) is 0 Å². The van der Waals surface area contributed by atoms with Gasteiger partial charge in [0.25, 0.3) is 0 Å². The first-order valence-electron chi connectivity index (χ1n) is 5.54. The second-order valence-electron chi connectivity index (χ2n) is 4.33. The highest BCUT2D eigenvalue weighted by Crippen LogP contribution is 2.27. The molecule has 2 atom stereocenters. The second-order valence-corrected chi connectivity index (χ2v) is 4.33. The van der Waals surface area contributed by atoms with E-state index in [0.29, 0.717) is 5.92 Å². The number of nitrogens with one attached hydrogen (secondary N) is 1. The lowest BCUT2D eigenvalue weighted by Gasteiger charge is -2.17. The minimum Gasteiger partial charge on any atom is -0.316 e. The van der Waals surface area contributed by atoms with Crippen LogP contribution in [0.25, 0.3) is 0 Å². The van der Waals surface area contributed by atoms with Crippen molar-refractivity contribution in [3.05, 3.63) is 35.4 Å². The Kier molecular flexibility index (Phi) is 3.17. The summed E-state index contributed by atoms with van der Waals surface area (Å²) in [4.78, 5) is 11.2. The standard InChI is InChI=1S/C13H17NO/c1-10-3-2-4-11(7-10)13(9-15)12-5-6-14-8-12/h2-4,7,9,12-14H,5-6,8H2,1H3. The van der Waals surface area contributed by atoms with E-state index in [1.54, 1.807) is 0 Å². The molecule has 1 aromatic rings. The first-order valence-corrected chi connectivity index (χ1v) is 5.54. The molecule has 1 aromatic carbocycles. The van der Waals surface area contributed by atoms with Crippen LogP contribution in [0.3, 0.4) is 0 Å². The van der Waals surface area contributed by atoms with Crippen molar-refractivity contribution in [3.63, 3.8) is 0 Å². The van der Waals surface area contributed by atoms with Crippen molar-refractivity contribution in [1.29, 1.82) is 0 Å². The minimum atomic E-state index is 0.0694. The van der Waals surface area contributed by atoms with Crippen LogP contribution in [0.2, 0.25) is 0 Å². The summed E-state index contributed by atoms with van der Waals surface area (Å²) in [5.41, 5.74) is 2.39. The number of hydrogen-bond donors (Lipinski definition) is 1. The van der Waals surface area contributed by atoms with Crippen molar-refractivity contribution >= 4 is 6.29 Å². The molecular weight excluding hydrogens is 186 g/mol. The Morgan fingerprint density at radius 2 is 2.40 bits per heavy atom. The highest BCUT2D eigenvalue weighted by Gasteiger charge is 2.25. The molecule has 1 aliphatic heterocycles. The normalized spacial score (nSPS) is 22.6. The van der Waals surface area contributed by atoms with Crippen LogP contribution >= 0.6 is 0 Å². The van der Waals surface area contributed by atoms with E-state index in [-0.39, 0.29) is 5.92 Å². The van der Waals surface area contributed by atoms with Gasteiger partial charge in [0.05, 0.1) is 0 Å². The van der Waals surface area contributed by atoms with Gasteiger partial charge in [-0.05, 0) is 37.9 Å². The second kappa shape index (κ2) is 4.58. The smallest absolute Gasteiger partial charge is 0.127 e. The van der Waals surface area contributed by atoms with E-state index in [4.69, 9.17) is 0 Å². The molecule has 0 bridgehead atoms. The molecule has 0 radical (unpaired) electrons. The molecule has 0 aliphatic carbocycles. The molecule has 0 aromatic heterocycles. The molecule has 2 nitrogen and oxygen atoms in total. The third-order valence-electron chi connectivity index (χ3n) is 3.18. The molecule has 1 N–H and O–H groups in total. The Hall–Kier alpha value is -1.15. The highest BCUT2D eigenvalue weighted by atomic mass is 16.1. The van der Waals surface area contributed by atoms with Crippen molar-refractivity contribution in [1.82, 2.24) is 5.32 Å². The largest absolute Gasteiger partial charge is 0.316 e. The molecule has 1 fully saturated rings. The van der Waals surface area contributed by atoms with Crippen LogP contribution in [-0.2, 0) is 4.79 Å². The molecule has 1 saturated heterocycles. The summed E-state index contributed by atoms with van der Waals surface area (Å²) in [7, 11) is 0. The molecule has 2 rings (SSSR count). The van der Waals surface area contributed by atoms with Crippen molar-refractivity contribution in [3.8, 4) is 0 Å². The van der Waals surface area contributed by atoms with E-state index < -0.39 is 0 Å². The van der Waals surface area contributed by atoms with Crippen molar-refractivity contribution in [2.24, 2.45) is 5.92 Å². The summed E-state index contributed by atoms with van der Waals surface area (Å²) < 4.78 is 0. The quantitative estimate of drug-likeness (QED) is 0.760. The van der Waals surface area contributed by atoms with Gasteiger partial charge in [0.15, 0.2) is 0 Å². The van der Waals surface area contributed by atoms with Gasteiger partial charge in [-0.3, -0.25) is 0 Å². The molecule has 15 heavy (non-hydrogen) atoms. The average Bonchev–Trinajstić information content (AvgIpc) is 2.72. The number of rotatable bonds is 3. The third kappa shape index (κ3) is 2.26. The summed E-state index contributed by atoms with van der Waals surface area (Å²) in [6, 6.07) is 8.28. The number of aldehydes is 1. The zero-order valence-corrected chi connectivity index (χ0v) is 9.07. The molecule has 1 heterocycles. The van der Waals surface area contributed by atoms with Crippen molar-refractivity contribution in [2.45, 2.75) is 19.3 Å². The number of hydrogen-bond acceptors (Lipinski definition) is 2. The molecule has 2 heteroatoms. The SMILES string of the molecule is Cc1cccc(C(C=O)C2CCNC2)c1. The Morgan fingerprint density at radius 3 is 3.00 bits per heavy atom. The van der Waals surface area contributed by atoms with Gasteiger partial charge in [-0.2, -0.15) is 0 Å². The Labute approximate surface area is 90.7 Å². The Morgan fingerprint density at radius 1 is 1.53 bits per heavy atom. The van der Waals surface area contributed by atoms with Crippen LogP contribution < -0.4 is 5.32 Å². The van der Waals surface area contributed by atoms with Crippen LogP contribution in [0.15, 0.2) is 24.3 Å². The van der Waals surface area contributed by atoms with E-state index >= 15 is 0 Å². The third-order valence-corrected chi connectivity index (χ3v) is 3.18. The summed E-state index contributed by atoms with van der Waals surface area (Å²) in [5.74, 6) is 0.546. The Balaban J connectivity index is 2.21. The maximum Gasteiger partial charge on any atom is 0.127 e. The number of carbonyl (C=O) groups excluding carboxylic acids is 1. The lowest BCUT2D eigenvalue weighted by molar-refractivity contribution is -0.110. The highest BCUT2D eigenvalue weighted by molar-refractivity contribution is 5.63. The predicted octanol–water partition coefficient (Wildman–Crippen LogP) is 1.89. The monoisotopic (exact) mass is 203 g/mol. The van der Waals surface area contributed by atoms with Crippen molar-refractivity contribution in [2.75, 3.05) is 13.1 Å². The maximum absolute atomic E-state index is 11.2. The number of carbonyl (C=O) groups is 1. The summed E-state index contributed by atoms with van der Waals surface area (Å²) in [6.07, 6.45) is 2.21. The minimum absolute atomic E-state index is 0.0694. The molecule has 0 spiro atoms. The van der Waals surface area contributed by atoms with Crippen molar-refractivity contribution < 1.29 is 4.79 Å². The Bertz CT molecular complexity index is 342. The van der Waals surface area contributed by atoms with E-state index in [1.807, 2.05) is 6.07 Å². The maximum atomic E-state index is 11.2. The van der Waals surface area contributed by atoms with E-state index in [9.17, 15) is 4.79 Å². The fourth-order valence-electron chi connectivity index (χ4n) is 2.32. The predicted molar refractivity (Wildman–Crippen MR) is 61.0 cm³/mol. The fourth-order valence-corrected chi connectivity index (χ4v) is 2.32. The van der Waals surface area contributed by atoms with Crippen LogP contribution in [0, 0.1) is 12.8 Å². The average molecular weight is 203 g/mol. The molecule has 0 saturated carbocycles. The van der Waals surface area contributed by atoms with Gasteiger partial charge in [-0.15, -0.1) is 0 Å². The summed E-state index contributed by atoms with van der Waals surface area (Å²) in [6.45, 7) is 4.08. The lowest BCUT2D eigenvalue weighted by Crippen LogP contribution is -2.17. The van der Waals surface area contributed by atoms with E-state index in [2.05, 4.69) is 30.4 Å². The first kappa shape index (κ1) is 10.4. The van der Waals surface area contributed by atoms with Gasteiger partial charge in [0.1, 0.15) is 6.29 Å². The van der Waals surface area contributed by atoms with Gasteiger partial charge >= 0.3 is 0 Å². The van der Waals surface area contributed by atoms with E-state index in [1.165, 1.54) is 11.1 Å². The fraction of sp³-hybridized carbons (Fsp3) is 0.462. The van der Waals surface area contributed by atoms with Gasteiger partial charge in [0.2, 0.25) is 0 Å². The summed E-state index contributed by atoms with van der Waals surface area (Å²) >= 11 is 0. The van der Waals surface area contributed by atoms with E-state index in [0.717, 1.165) is 25.8 Å². The topological polar surface area (TPSA) is 29.1 Å². The van der Waals surface area contributed by atoms with Crippen LogP contribution in [-0.4, -0.2) is 19.4 Å². The zero-order valence-electron chi connectivity index (χ0n) is 9.07. The number of benzene rings is 1. The van der Waals surface area contributed by atoms with Gasteiger partial charge in [0, 0.05) is 5.92 Å². The molecule has 1 aliphatic rings. The van der Waals surface area contributed by atoms with Crippen LogP contribution in [0.1, 0.15) is 23.5 Å². The zero-order chi connectivity index (χ0) is 10.7. The van der Waals surface area contributed by atoms with Gasteiger partial charge in [-0.1, -0.05) is 29.8 Å². The number of aryl methyl sites for hydroxylation is 1. The molecule has 80 valence electrons. The molecule has 2 unspecified atom stereocenters. The molecule has 0 amide bonds. The summed E-state index contributed by atoms with van der Waals surface area (Å²) in [5, 5.41) is 3.31. The van der Waals surface area contributed by atoms with Gasteiger partial charge < -0.3 is 10.1 Å².